The summed E-state index contributed by atoms with van der Waals surface area (Å²) in [6.07, 6.45) is 3.78. The van der Waals surface area contributed by atoms with Crippen molar-refractivity contribution >= 4 is 35.8 Å². The summed E-state index contributed by atoms with van der Waals surface area (Å²) in [6.45, 7) is 1.61. The zero-order chi connectivity index (χ0) is 22.8. The molecule has 0 spiro atoms. The number of rotatable bonds is 8. The monoisotopic (exact) mass is 448 g/mol. The highest BCUT2D eigenvalue weighted by atomic mass is 35.5. The Hall–Kier alpha value is -3.90. The van der Waals surface area contributed by atoms with Crippen LogP contribution >= 0.6 is 11.6 Å². The maximum absolute atomic E-state index is 12.1. The molecule has 1 atom stereocenters. The van der Waals surface area contributed by atoms with Crippen LogP contribution in [0.1, 0.15) is 18.1 Å². The number of nitrogens with one attached hydrogen (secondary N) is 1. The molecule has 0 unspecified atom stereocenters. The number of esters is 1. The van der Waals surface area contributed by atoms with Crippen LogP contribution in [0.4, 0.5) is 0 Å². The van der Waals surface area contributed by atoms with Crippen LogP contribution in [0.25, 0.3) is 6.08 Å². The normalized spacial score (nSPS) is 11.9. The molecule has 0 saturated carbocycles. The second-order valence-electron chi connectivity index (χ2n) is 6.69. The predicted octanol–water partition coefficient (Wildman–Crippen LogP) is 4.88. The summed E-state index contributed by atoms with van der Waals surface area (Å²) in [5.74, 6) is 0.0125. The SMILES string of the molecule is C[C@H](Oc1cccc(Cl)c1)C(=O)N/N=C\c1ccc(OC(=O)/C=C/c2ccccc2)cc1. The van der Waals surface area contributed by atoms with Crippen molar-refractivity contribution in [2.45, 2.75) is 13.0 Å². The third-order valence-electron chi connectivity index (χ3n) is 4.18. The number of hydrogen-bond donors (Lipinski definition) is 1. The van der Waals surface area contributed by atoms with Gasteiger partial charge in [-0.1, -0.05) is 48.0 Å². The Morgan fingerprint density at radius 2 is 1.69 bits per heavy atom. The van der Waals surface area contributed by atoms with Crippen LogP contribution in [0.15, 0.2) is 90.0 Å². The van der Waals surface area contributed by atoms with E-state index in [-0.39, 0.29) is 0 Å². The highest BCUT2D eigenvalue weighted by molar-refractivity contribution is 6.30. The Morgan fingerprint density at radius 3 is 2.41 bits per heavy atom. The van der Waals surface area contributed by atoms with Gasteiger partial charge in [0.15, 0.2) is 6.10 Å². The molecule has 1 amide bonds. The summed E-state index contributed by atoms with van der Waals surface area (Å²) >= 11 is 5.90. The molecule has 0 radical (unpaired) electrons. The minimum absolute atomic E-state index is 0.400. The average molecular weight is 449 g/mol. The standard InChI is InChI=1S/C25H21ClN2O4/c1-18(31-23-9-5-8-21(26)16-23)25(30)28-27-17-20-10-13-22(14-11-20)32-24(29)15-12-19-6-3-2-4-7-19/h2-18H,1H3,(H,28,30)/b15-12+,27-17-/t18-/m0/s1. The largest absolute Gasteiger partial charge is 0.481 e. The second kappa shape index (κ2) is 11.5. The lowest BCUT2D eigenvalue weighted by molar-refractivity contribution is -0.129. The molecular weight excluding hydrogens is 428 g/mol. The highest BCUT2D eigenvalue weighted by Gasteiger charge is 2.13. The van der Waals surface area contributed by atoms with Gasteiger partial charge in [0.25, 0.3) is 5.91 Å². The van der Waals surface area contributed by atoms with Crippen molar-refractivity contribution < 1.29 is 19.1 Å². The average Bonchev–Trinajstić information content (AvgIpc) is 2.79. The van der Waals surface area contributed by atoms with Crippen LogP contribution in [-0.2, 0) is 9.59 Å². The van der Waals surface area contributed by atoms with Crippen LogP contribution < -0.4 is 14.9 Å². The molecule has 0 aliphatic carbocycles. The fourth-order valence-corrected chi connectivity index (χ4v) is 2.74. The summed E-state index contributed by atoms with van der Waals surface area (Å²) in [7, 11) is 0. The molecule has 3 aromatic rings. The number of nitrogens with zero attached hydrogens (tertiary/aromatic N) is 1. The molecule has 0 aromatic heterocycles. The molecule has 7 heteroatoms. The molecule has 0 bridgehead atoms. The minimum Gasteiger partial charge on any atom is -0.481 e. The zero-order valence-corrected chi connectivity index (χ0v) is 18.0. The quantitative estimate of drug-likeness (QED) is 0.175. The number of ether oxygens (including phenoxy) is 2. The van der Waals surface area contributed by atoms with Crippen LogP contribution in [0.5, 0.6) is 11.5 Å². The lowest BCUT2D eigenvalue weighted by atomic mass is 10.2. The number of benzene rings is 3. The van der Waals surface area contributed by atoms with Gasteiger partial charge in [0, 0.05) is 11.1 Å². The van der Waals surface area contributed by atoms with Gasteiger partial charge in [-0.25, -0.2) is 10.2 Å². The fourth-order valence-electron chi connectivity index (χ4n) is 2.56. The van der Waals surface area contributed by atoms with Crippen molar-refractivity contribution in [3.05, 3.63) is 101 Å². The van der Waals surface area contributed by atoms with Gasteiger partial charge in [0.1, 0.15) is 11.5 Å². The van der Waals surface area contributed by atoms with Crippen LogP contribution in [0.3, 0.4) is 0 Å². The number of hydrogen-bond acceptors (Lipinski definition) is 5. The van der Waals surface area contributed by atoms with E-state index < -0.39 is 18.0 Å². The van der Waals surface area contributed by atoms with E-state index in [1.807, 2.05) is 30.3 Å². The van der Waals surface area contributed by atoms with Crippen molar-refractivity contribution in [1.82, 2.24) is 5.43 Å². The van der Waals surface area contributed by atoms with Gasteiger partial charge in [-0.3, -0.25) is 4.79 Å². The van der Waals surface area contributed by atoms with E-state index in [1.165, 1.54) is 12.3 Å². The van der Waals surface area contributed by atoms with Crippen LogP contribution in [0, 0.1) is 0 Å². The van der Waals surface area contributed by atoms with Gasteiger partial charge < -0.3 is 9.47 Å². The van der Waals surface area contributed by atoms with Gasteiger partial charge in [0.2, 0.25) is 0 Å². The Labute approximate surface area is 191 Å². The van der Waals surface area contributed by atoms with Crippen molar-refractivity contribution in [2.24, 2.45) is 5.10 Å². The van der Waals surface area contributed by atoms with Crippen LogP contribution in [0.2, 0.25) is 5.02 Å². The molecule has 162 valence electrons. The summed E-state index contributed by atoms with van der Waals surface area (Å²) in [5.41, 5.74) is 4.05. The first kappa shape index (κ1) is 22.8. The molecule has 3 rings (SSSR count). The molecule has 6 nitrogen and oxygen atoms in total. The third-order valence-corrected chi connectivity index (χ3v) is 4.41. The smallest absolute Gasteiger partial charge is 0.336 e. The summed E-state index contributed by atoms with van der Waals surface area (Å²) in [5, 5.41) is 4.45. The number of halogens is 1. The molecule has 1 N–H and O–H groups in total. The van der Waals surface area contributed by atoms with Crippen molar-refractivity contribution in [1.29, 1.82) is 0 Å². The Balaban J connectivity index is 1.46. The number of carbonyl (C=O) groups excluding carboxylic acids is 2. The number of hydrazone groups is 1. The first-order valence-electron chi connectivity index (χ1n) is 9.80. The molecule has 0 heterocycles. The van der Waals surface area contributed by atoms with E-state index in [1.54, 1.807) is 61.5 Å². The van der Waals surface area contributed by atoms with Gasteiger partial charge in [0.05, 0.1) is 6.21 Å². The van der Waals surface area contributed by atoms with E-state index in [4.69, 9.17) is 21.1 Å². The topological polar surface area (TPSA) is 77.0 Å². The molecule has 3 aromatic carbocycles. The lowest BCUT2D eigenvalue weighted by Gasteiger charge is -2.12. The van der Waals surface area contributed by atoms with Crippen molar-refractivity contribution in [2.75, 3.05) is 0 Å². The van der Waals surface area contributed by atoms with Gasteiger partial charge in [-0.15, -0.1) is 0 Å². The van der Waals surface area contributed by atoms with Crippen LogP contribution in [-0.4, -0.2) is 24.2 Å². The molecule has 0 aliphatic rings. The first-order chi connectivity index (χ1) is 15.5. The van der Waals surface area contributed by atoms with Gasteiger partial charge in [-0.2, -0.15) is 5.10 Å². The summed E-state index contributed by atoms with van der Waals surface area (Å²) in [6, 6.07) is 23.0. The number of carbonyl (C=O) groups is 2. The maximum Gasteiger partial charge on any atom is 0.336 e. The molecule has 0 fully saturated rings. The maximum atomic E-state index is 12.1. The Kier molecular flexibility index (Phi) is 8.17. The molecule has 0 saturated heterocycles. The second-order valence-corrected chi connectivity index (χ2v) is 7.12. The Morgan fingerprint density at radius 1 is 0.938 bits per heavy atom. The van der Waals surface area contributed by atoms with E-state index >= 15 is 0 Å². The zero-order valence-electron chi connectivity index (χ0n) is 17.3. The molecule has 0 aliphatic heterocycles. The third kappa shape index (κ3) is 7.41. The Bertz CT molecular complexity index is 1110. The first-order valence-corrected chi connectivity index (χ1v) is 10.2. The number of amides is 1. The highest BCUT2D eigenvalue weighted by Crippen LogP contribution is 2.18. The lowest BCUT2D eigenvalue weighted by Crippen LogP contribution is -2.33. The van der Waals surface area contributed by atoms with Gasteiger partial charge >= 0.3 is 5.97 Å². The van der Waals surface area contributed by atoms with E-state index in [2.05, 4.69) is 10.5 Å². The molecule has 32 heavy (non-hydrogen) atoms. The van der Waals surface area contributed by atoms with Gasteiger partial charge in [-0.05, 0) is 66.6 Å². The van der Waals surface area contributed by atoms with Crippen molar-refractivity contribution in [3.8, 4) is 11.5 Å². The summed E-state index contributed by atoms with van der Waals surface area (Å²) < 4.78 is 10.8. The van der Waals surface area contributed by atoms with E-state index in [0.29, 0.717) is 22.1 Å². The van der Waals surface area contributed by atoms with E-state index in [9.17, 15) is 9.59 Å². The minimum atomic E-state index is -0.753. The fraction of sp³-hybridized carbons (Fsp3) is 0.0800. The van der Waals surface area contributed by atoms with Crippen molar-refractivity contribution in [3.63, 3.8) is 0 Å². The van der Waals surface area contributed by atoms with E-state index in [0.717, 1.165) is 5.56 Å². The predicted molar refractivity (Wildman–Crippen MR) is 125 cm³/mol. The summed E-state index contributed by atoms with van der Waals surface area (Å²) in [4.78, 5) is 24.0. The molecular formula is C25H21ClN2O4.